The summed E-state index contributed by atoms with van der Waals surface area (Å²) < 4.78 is 180. The van der Waals surface area contributed by atoms with Crippen LogP contribution in [0.3, 0.4) is 0 Å². The zero-order valence-corrected chi connectivity index (χ0v) is 26.8. The van der Waals surface area contributed by atoms with E-state index in [1.54, 1.807) is 12.1 Å². The fourth-order valence-corrected chi connectivity index (χ4v) is 4.50. The van der Waals surface area contributed by atoms with Crippen LogP contribution >= 0.6 is 0 Å². The van der Waals surface area contributed by atoms with Crippen LogP contribution in [-0.4, -0.2) is 92.9 Å². The topological polar surface area (TPSA) is 114 Å². The summed E-state index contributed by atoms with van der Waals surface area (Å²) >= 11 is 0. The summed E-state index contributed by atoms with van der Waals surface area (Å²) in [5.41, 5.74) is -4.63. The number of aliphatic carboxylic acids is 2. The fourth-order valence-electron chi connectivity index (χ4n) is 4.50. The largest absolute Gasteiger partial charge is 0.490 e. The lowest BCUT2D eigenvalue weighted by atomic mass is 9.90. The fraction of sp³-hybridized carbons (Fsp3) is 0.387. The quantitative estimate of drug-likeness (QED) is 0.218. The van der Waals surface area contributed by atoms with Crippen molar-refractivity contribution in [2.45, 2.75) is 49.6 Å². The molecule has 1 saturated heterocycles. The van der Waals surface area contributed by atoms with Gasteiger partial charge in [0.15, 0.2) is 0 Å². The first-order valence-corrected chi connectivity index (χ1v) is 14.6. The number of piperazine rings is 1. The van der Waals surface area contributed by atoms with Gasteiger partial charge in [-0.15, -0.1) is 0 Å². The zero-order chi connectivity index (χ0) is 41.5. The van der Waals surface area contributed by atoms with E-state index in [-0.39, 0.29) is 0 Å². The minimum Gasteiger partial charge on any atom is -0.475 e. The summed E-state index contributed by atoms with van der Waals surface area (Å²) in [4.78, 5) is 25.6. The van der Waals surface area contributed by atoms with E-state index in [0.717, 1.165) is 36.9 Å². The molecule has 0 saturated carbocycles. The Hall–Kier alpha value is -4.64. The number of carbonyl (C=O) groups is 2. The van der Waals surface area contributed by atoms with Crippen LogP contribution in [0.15, 0.2) is 66.9 Å². The number of carboxylic acid groups (broad SMARTS) is 2. The molecule has 23 heteroatoms. The molecule has 0 bridgehead atoms. The molecule has 4 rings (SSSR count). The molecule has 8 nitrogen and oxygen atoms in total. The number of aromatic nitrogens is 1. The third-order valence-electron chi connectivity index (χ3n) is 7.29. The molecule has 54 heavy (non-hydrogen) atoms. The summed E-state index contributed by atoms with van der Waals surface area (Å²) in [5.74, 6) is -5.51. The Morgan fingerprint density at radius 2 is 0.889 bits per heavy atom. The lowest BCUT2D eigenvalue weighted by Crippen LogP contribution is -2.53. The molecule has 2 heterocycles. The Balaban J connectivity index is 0.000000610. The standard InChI is InChI=1S/C27H24F9N3O.2C2HF3O2/c28-25(29,30)23-10-3-19(15-37-23)17-39-13-11-38(12-14-39)16-18-1-4-20(5-2-18)21-6-8-22(9-7-21)24(40,26(31,32)33)27(34,35)36;2*3-2(4,5)1(6)7/h1-10,15,40H,11-14,16-17H2;2*(H,6,7). The van der Waals surface area contributed by atoms with Gasteiger partial charge in [-0.3, -0.25) is 14.8 Å². The van der Waals surface area contributed by atoms with Gasteiger partial charge < -0.3 is 15.3 Å². The van der Waals surface area contributed by atoms with E-state index in [2.05, 4.69) is 14.8 Å². The monoisotopic (exact) mass is 805 g/mol. The second-order valence-electron chi connectivity index (χ2n) is 11.2. The smallest absolute Gasteiger partial charge is 0.475 e. The van der Waals surface area contributed by atoms with Crippen molar-refractivity contribution < 1.29 is 90.8 Å². The Kier molecular flexibility index (Phi) is 14.5. The van der Waals surface area contributed by atoms with Crippen LogP contribution in [-0.2, 0) is 34.5 Å². The van der Waals surface area contributed by atoms with Crippen LogP contribution in [0.1, 0.15) is 22.4 Å². The molecular formula is C31H26F15N3O5. The maximum absolute atomic E-state index is 13.1. The molecule has 2 aromatic carbocycles. The first kappa shape index (κ1) is 45.5. The van der Waals surface area contributed by atoms with E-state index in [1.165, 1.54) is 12.3 Å². The van der Waals surface area contributed by atoms with Gasteiger partial charge in [-0.2, -0.15) is 65.9 Å². The molecule has 3 aromatic rings. The van der Waals surface area contributed by atoms with Crippen molar-refractivity contribution in [3.63, 3.8) is 0 Å². The number of halogens is 15. The van der Waals surface area contributed by atoms with Gasteiger partial charge in [-0.25, -0.2) is 9.59 Å². The zero-order valence-electron chi connectivity index (χ0n) is 26.8. The van der Waals surface area contributed by atoms with Gasteiger partial charge in [0.25, 0.3) is 5.60 Å². The highest BCUT2D eigenvalue weighted by Crippen LogP contribution is 2.50. The van der Waals surface area contributed by atoms with Gasteiger partial charge >= 0.3 is 42.8 Å². The minimum absolute atomic E-state index is 0.383. The molecule has 1 aliphatic heterocycles. The molecule has 0 radical (unpaired) electrons. The van der Waals surface area contributed by atoms with Gasteiger partial charge in [-0.1, -0.05) is 54.6 Å². The van der Waals surface area contributed by atoms with Crippen molar-refractivity contribution >= 4 is 11.9 Å². The Morgan fingerprint density at radius 3 is 1.19 bits per heavy atom. The van der Waals surface area contributed by atoms with E-state index >= 15 is 0 Å². The maximum atomic E-state index is 13.1. The second kappa shape index (κ2) is 17.2. The average Bonchev–Trinajstić information content (AvgIpc) is 3.04. The molecule has 0 aliphatic carbocycles. The van der Waals surface area contributed by atoms with Gasteiger partial charge in [0.1, 0.15) is 5.69 Å². The van der Waals surface area contributed by atoms with E-state index in [9.17, 15) is 71.0 Å². The highest BCUT2D eigenvalue weighted by molar-refractivity contribution is 5.73. The van der Waals surface area contributed by atoms with Crippen molar-refractivity contribution in [2.75, 3.05) is 26.2 Å². The first-order valence-electron chi connectivity index (χ1n) is 14.6. The van der Waals surface area contributed by atoms with E-state index < -0.39 is 59.7 Å². The van der Waals surface area contributed by atoms with Gasteiger partial charge in [-0.05, 0) is 28.3 Å². The predicted octanol–water partition coefficient (Wildman–Crippen LogP) is 7.66. The number of carboxylic acids is 2. The second-order valence-corrected chi connectivity index (χ2v) is 11.2. The van der Waals surface area contributed by atoms with Crippen molar-refractivity contribution in [3.8, 4) is 11.1 Å². The minimum atomic E-state index is -5.95. The third kappa shape index (κ3) is 12.7. The number of hydrogen-bond donors (Lipinski definition) is 3. The van der Waals surface area contributed by atoms with Crippen molar-refractivity contribution in [1.82, 2.24) is 14.8 Å². The number of nitrogens with zero attached hydrogens (tertiary/aromatic N) is 3. The molecule has 1 fully saturated rings. The van der Waals surface area contributed by atoms with Crippen LogP contribution in [0.4, 0.5) is 65.9 Å². The number of rotatable bonds is 6. The van der Waals surface area contributed by atoms with Crippen LogP contribution < -0.4 is 0 Å². The van der Waals surface area contributed by atoms with Crippen molar-refractivity contribution in [1.29, 1.82) is 0 Å². The normalized spacial score (nSPS) is 15.0. The van der Waals surface area contributed by atoms with Crippen molar-refractivity contribution in [2.24, 2.45) is 0 Å². The summed E-state index contributed by atoms with van der Waals surface area (Å²) in [6.07, 6.45) is -25.3. The molecular weight excluding hydrogens is 779 g/mol. The van der Waals surface area contributed by atoms with Crippen LogP contribution in [0.25, 0.3) is 11.1 Å². The molecule has 1 aromatic heterocycles. The molecule has 1 aliphatic rings. The Bertz CT molecular complexity index is 1620. The SMILES string of the molecule is O=C(O)C(F)(F)F.O=C(O)C(F)(F)F.OC(c1ccc(-c2ccc(CN3CCN(Cc4ccc(C(F)(F)F)nc4)CC3)cc2)cc1)(C(F)(F)F)C(F)(F)F. The van der Waals surface area contributed by atoms with Crippen LogP contribution in [0, 0.1) is 0 Å². The van der Waals surface area contributed by atoms with E-state index in [1.807, 2.05) is 12.1 Å². The van der Waals surface area contributed by atoms with Crippen LogP contribution in [0.5, 0.6) is 0 Å². The van der Waals surface area contributed by atoms with Crippen molar-refractivity contribution in [3.05, 3.63) is 89.2 Å². The molecule has 300 valence electrons. The number of pyridine rings is 1. The molecule has 0 atom stereocenters. The molecule has 0 amide bonds. The number of benzene rings is 2. The number of aliphatic hydroxyl groups is 1. The van der Waals surface area contributed by atoms with Gasteiger partial charge in [0, 0.05) is 51.0 Å². The Morgan fingerprint density at radius 1 is 0.556 bits per heavy atom. The Labute approximate surface area is 294 Å². The van der Waals surface area contributed by atoms with Gasteiger partial charge in [0.05, 0.1) is 0 Å². The maximum Gasteiger partial charge on any atom is 0.490 e. The molecule has 0 unspecified atom stereocenters. The molecule has 3 N–H and O–H groups in total. The summed E-state index contributed by atoms with van der Waals surface area (Å²) in [6, 6.07) is 12.8. The lowest BCUT2D eigenvalue weighted by molar-refractivity contribution is -0.376. The third-order valence-corrected chi connectivity index (χ3v) is 7.29. The van der Waals surface area contributed by atoms with Crippen LogP contribution in [0.2, 0.25) is 0 Å². The summed E-state index contributed by atoms with van der Waals surface area (Å²) in [6.45, 7) is 3.94. The number of alkyl halides is 15. The van der Waals surface area contributed by atoms with E-state index in [0.29, 0.717) is 55.0 Å². The van der Waals surface area contributed by atoms with E-state index in [4.69, 9.17) is 19.8 Å². The highest BCUT2D eigenvalue weighted by Gasteiger charge is 2.71. The summed E-state index contributed by atoms with van der Waals surface area (Å²) in [7, 11) is 0. The molecule has 0 spiro atoms. The lowest BCUT2D eigenvalue weighted by Gasteiger charge is -2.34. The highest BCUT2D eigenvalue weighted by atomic mass is 19.4. The average molecular weight is 806 g/mol. The predicted molar refractivity (Wildman–Crippen MR) is 155 cm³/mol. The number of hydrogen-bond acceptors (Lipinski definition) is 6. The van der Waals surface area contributed by atoms with Gasteiger partial charge in [0.2, 0.25) is 0 Å². The first-order chi connectivity index (χ1) is 24.5. The summed E-state index contributed by atoms with van der Waals surface area (Å²) in [5, 5.41) is 23.8.